The van der Waals surface area contributed by atoms with Crippen LogP contribution in [0.2, 0.25) is 0 Å². The van der Waals surface area contributed by atoms with Crippen LogP contribution in [0.1, 0.15) is 11.3 Å². The molecule has 2 aromatic carbocycles. The lowest BCUT2D eigenvalue weighted by atomic mass is 10.1. The van der Waals surface area contributed by atoms with Crippen molar-refractivity contribution in [3.8, 4) is 10.6 Å². The molecule has 0 radical (unpaired) electrons. The maximum Gasteiger partial charge on any atom is 0.416 e. The summed E-state index contributed by atoms with van der Waals surface area (Å²) in [5.41, 5.74) is -0.332. The molecule has 6 nitrogen and oxygen atoms in total. The zero-order chi connectivity index (χ0) is 20.5. The van der Waals surface area contributed by atoms with Crippen molar-refractivity contribution in [1.82, 2.24) is 4.98 Å². The monoisotopic (exact) mass is 428 g/mol. The van der Waals surface area contributed by atoms with Gasteiger partial charge in [0.1, 0.15) is 5.01 Å². The molecule has 0 unspecified atom stereocenters. The zero-order valence-electron chi connectivity index (χ0n) is 13.9. The first-order valence-corrected chi connectivity index (χ1v) is 10.2. The molecule has 0 spiro atoms. The summed E-state index contributed by atoms with van der Waals surface area (Å²) in [4.78, 5) is 14.1. The molecular formula is C17H11F3N2O4S2. The summed E-state index contributed by atoms with van der Waals surface area (Å²) in [6, 6.07) is 8.91. The molecule has 0 saturated carbocycles. The first-order valence-electron chi connectivity index (χ1n) is 7.65. The van der Waals surface area contributed by atoms with Crippen LogP contribution in [-0.4, -0.2) is 18.3 Å². The van der Waals surface area contributed by atoms with Crippen LogP contribution in [0.25, 0.3) is 10.6 Å². The van der Waals surface area contributed by atoms with E-state index in [0.717, 1.165) is 47.7 Å². The summed E-state index contributed by atoms with van der Waals surface area (Å²) in [6.07, 6.45) is -4.44. The number of sulfone groups is 1. The van der Waals surface area contributed by atoms with E-state index < -0.39 is 32.3 Å². The number of aromatic nitrogens is 1. The predicted octanol–water partition coefficient (Wildman–Crippen LogP) is 4.71. The van der Waals surface area contributed by atoms with E-state index >= 15 is 0 Å². The maximum atomic E-state index is 12.6. The van der Waals surface area contributed by atoms with Gasteiger partial charge >= 0.3 is 6.18 Å². The molecule has 0 amide bonds. The van der Waals surface area contributed by atoms with Crippen LogP contribution in [0.5, 0.6) is 0 Å². The van der Waals surface area contributed by atoms with Crippen LogP contribution < -0.4 is 0 Å². The van der Waals surface area contributed by atoms with E-state index in [1.807, 2.05) is 0 Å². The largest absolute Gasteiger partial charge is 0.416 e. The minimum atomic E-state index is -4.44. The zero-order valence-corrected chi connectivity index (χ0v) is 15.5. The lowest BCUT2D eigenvalue weighted by molar-refractivity contribution is -0.384. The fourth-order valence-electron chi connectivity index (χ4n) is 2.36. The van der Waals surface area contributed by atoms with Crippen molar-refractivity contribution in [2.45, 2.75) is 16.8 Å². The highest BCUT2D eigenvalue weighted by atomic mass is 32.2. The van der Waals surface area contributed by atoms with Gasteiger partial charge in [0.25, 0.3) is 5.69 Å². The van der Waals surface area contributed by atoms with Crippen molar-refractivity contribution in [2.75, 3.05) is 0 Å². The Bertz CT molecular complexity index is 1110. The molecule has 3 aromatic rings. The first-order chi connectivity index (χ1) is 13.1. The fraction of sp³-hybridized carbons (Fsp3) is 0.118. The lowest BCUT2D eigenvalue weighted by Crippen LogP contribution is -2.05. The number of nitro benzene ring substituents is 1. The van der Waals surface area contributed by atoms with Crippen LogP contribution in [0.4, 0.5) is 18.9 Å². The molecule has 146 valence electrons. The van der Waals surface area contributed by atoms with E-state index in [9.17, 15) is 31.7 Å². The second-order valence-corrected chi connectivity index (χ2v) is 8.58. The normalized spacial score (nSPS) is 12.1. The number of nitrogens with zero attached hydrogens (tertiary/aromatic N) is 2. The number of hydrogen-bond donors (Lipinski definition) is 0. The van der Waals surface area contributed by atoms with Gasteiger partial charge < -0.3 is 0 Å². The minimum Gasteiger partial charge on any atom is -0.258 e. The average molecular weight is 428 g/mol. The van der Waals surface area contributed by atoms with Gasteiger partial charge in [0.2, 0.25) is 0 Å². The van der Waals surface area contributed by atoms with Gasteiger partial charge in [-0.2, -0.15) is 13.2 Å². The molecule has 0 aliphatic heterocycles. The lowest BCUT2D eigenvalue weighted by Gasteiger charge is -2.06. The Morgan fingerprint density at radius 2 is 1.64 bits per heavy atom. The van der Waals surface area contributed by atoms with Gasteiger partial charge in [-0.1, -0.05) is 12.1 Å². The molecular weight excluding hydrogens is 417 g/mol. The van der Waals surface area contributed by atoms with Crippen molar-refractivity contribution in [3.63, 3.8) is 0 Å². The standard InChI is InChI=1S/C17H11F3N2O4S2/c18-17(19,20)12-3-1-11(2-4-12)16-21-13(9-27-16)10-28(25,26)15-7-5-14(6-8-15)22(23)24/h1-9H,10H2. The van der Waals surface area contributed by atoms with Crippen LogP contribution in [-0.2, 0) is 21.8 Å². The third-order valence-corrected chi connectivity index (χ3v) is 6.36. The number of halogens is 3. The van der Waals surface area contributed by atoms with Gasteiger partial charge in [0, 0.05) is 23.1 Å². The minimum absolute atomic E-state index is 0.0813. The Morgan fingerprint density at radius 1 is 1.04 bits per heavy atom. The van der Waals surface area contributed by atoms with Gasteiger partial charge in [-0.15, -0.1) is 11.3 Å². The molecule has 3 rings (SSSR count). The molecule has 0 aliphatic rings. The molecule has 1 heterocycles. The van der Waals surface area contributed by atoms with Crippen molar-refractivity contribution in [1.29, 1.82) is 0 Å². The van der Waals surface area contributed by atoms with Gasteiger partial charge in [0.15, 0.2) is 9.84 Å². The Labute approximate surface area is 161 Å². The highest BCUT2D eigenvalue weighted by molar-refractivity contribution is 7.90. The summed E-state index contributed by atoms with van der Waals surface area (Å²) in [5, 5.41) is 12.6. The SMILES string of the molecule is O=[N+]([O-])c1ccc(S(=O)(=O)Cc2csc(-c3ccc(C(F)(F)F)cc3)n2)cc1. The van der Waals surface area contributed by atoms with Crippen LogP contribution in [0.3, 0.4) is 0 Å². The molecule has 0 saturated heterocycles. The summed E-state index contributed by atoms with van der Waals surface area (Å²) in [6.45, 7) is 0. The third kappa shape index (κ3) is 4.37. The van der Waals surface area contributed by atoms with Gasteiger partial charge in [-0.3, -0.25) is 10.1 Å². The average Bonchev–Trinajstić information content (AvgIpc) is 3.09. The molecule has 0 N–H and O–H groups in total. The van der Waals surface area contributed by atoms with Crippen LogP contribution in [0.15, 0.2) is 58.8 Å². The second-order valence-electron chi connectivity index (χ2n) is 5.73. The van der Waals surface area contributed by atoms with E-state index in [1.54, 1.807) is 0 Å². The molecule has 1 aromatic heterocycles. The van der Waals surface area contributed by atoms with E-state index in [0.29, 0.717) is 10.6 Å². The molecule has 0 atom stereocenters. The summed E-state index contributed by atoms with van der Waals surface area (Å²) in [5.74, 6) is -0.429. The number of non-ortho nitro benzene ring substituents is 1. The highest BCUT2D eigenvalue weighted by Crippen LogP contribution is 2.32. The summed E-state index contributed by atoms with van der Waals surface area (Å²) >= 11 is 1.11. The Kier molecular flexibility index (Phi) is 5.22. The highest BCUT2D eigenvalue weighted by Gasteiger charge is 2.30. The number of hydrogen-bond acceptors (Lipinski definition) is 6. The van der Waals surface area contributed by atoms with Crippen molar-refractivity contribution in [2.24, 2.45) is 0 Å². The second kappa shape index (κ2) is 7.32. The Balaban J connectivity index is 1.79. The number of rotatable bonds is 5. The number of nitro groups is 1. The third-order valence-electron chi connectivity index (χ3n) is 3.76. The van der Waals surface area contributed by atoms with Gasteiger partial charge in [-0.25, -0.2) is 13.4 Å². The van der Waals surface area contributed by atoms with Crippen LogP contribution in [0, 0.1) is 10.1 Å². The molecule has 0 aliphatic carbocycles. The van der Waals surface area contributed by atoms with Crippen molar-refractivity contribution >= 4 is 26.9 Å². The molecule has 28 heavy (non-hydrogen) atoms. The molecule has 0 bridgehead atoms. The van der Waals surface area contributed by atoms with Gasteiger partial charge in [-0.05, 0) is 24.3 Å². The quantitative estimate of drug-likeness (QED) is 0.434. The van der Waals surface area contributed by atoms with E-state index in [2.05, 4.69) is 4.98 Å². The maximum absolute atomic E-state index is 12.6. The topological polar surface area (TPSA) is 90.2 Å². The Hall–Kier alpha value is -2.79. The van der Waals surface area contributed by atoms with Crippen molar-refractivity contribution < 1.29 is 26.5 Å². The molecule has 0 fully saturated rings. The number of thiazole rings is 1. The summed E-state index contributed by atoms with van der Waals surface area (Å²) in [7, 11) is -3.78. The molecule has 11 heteroatoms. The Morgan fingerprint density at radius 3 is 2.18 bits per heavy atom. The smallest absolute Gasteiger partial charge is 0.258 e. The fourth-order valence-corrected chi connectivity index (χ4v) is 4.55. The van der Waals surface area contributed by atoms with Gasteiger partial charge in [0.05, 0.1) is 26.8 Å². The number of alkyl halides is 3. The van der Waals surface area contributed by atoms with E-state index in [1.165, 1.54) is 17.5 Å². The van der Waals surface area contributed by atoms with E-state index in [-0.39, 0.29) is 16.3 Å². The van der Waals surface area contributed by atoms with Crippen LogP contribution >= 0.6 is 11.3 Å². The number of benzene rings is 2. The van der Waals surface area contributed by atoms with E-state index in [4.69, 9.17) is 0 Å². The van der Waals surface area contributed by atoms with Crippen molar-refractivity contribution in [3.05, 3.63) is 75.3 Å². The predicted molar refractivity (Wildman–Crippen MR) is 96.5 cm³/mol. The summed E-state index contributed by atoms with van der Waals surface area (Å²) < 4.78 is 62.8. The first kappa shape index (κ1) is 20.0.